The van der Waals surface area contributed by atoms with Crippen LogP contribution in [0.2, 0.25) is 0 Å². The molecule has 0 radical (unpaired) electrons. The summed E-state index contributed by atoms with van der Waals surface area (Å²) in [5, 5.41) is 0. The molecule has 0 nitrogen and oxygen atoms in total. The standard InChI is InChI=1S/C12H22/c1-6-7-8-12(11(4)5)9-10(2)3/h6,8,10-12H,9H2,1-5H3. The van der Waals surface area contributed by atoms with E-state index in [9.17, 15) is 0 Å². The molecular formula is C12H22. The average molecular weight is 166 g/mol. The van der Waals surface area contributed by atoms with E-state index in [0.29, 0.717) is 5.92 Å². The third kappa shape index (κ3) is 5.21. The van der Waals surface area contributed by atoms with E-state index < -0.39 is 0 Å². The summed E-state index contributed by atoms with van der Waals surface area (Å²) in [5.74, 6) is 2.22. The Morgan fingerprint density at radius 1 is 1.17 bits per heavy atom. The fourth-order valence-corrected chi connectivity index (χ4v) is 1.30. The van der Waals surface area contributed by atoms with Crippen LogP contribution >= 0.6 is 0 Å². The van der Waals surface area contributed by atoms with Crippen LogP contribution in [0, 0.1) is 17.8 Å². The maximum atomic E-state index is 3.19. The van der Waals surface area contributed by atoms with E-state index in [1.165, 1.54) is 6.42 Å². The van der Waals surface area contributed by atoms with Crippen molar-refractivity contribution in [2.45, 2.75) is 41.0 Å². The zero-order valence-electron chi connectivity index (χ0n) is 9.09. The van der Waals surface area contributed by atoms with Gasteiger partial charge in [0.25, 0.3) is 0 Å². The van der Waals surface area contributed by atoms with Crippen LogP contribution in [0.5, 0.6) is 0 Å². The van der Waals surface area contributed by atoms with Crippen molar-refractivity contribution < 1.29 is 0 Å². The molecule has 0 aliphatic heterocycles. The fraction of sp³-hybridized carbons (Fsp3) is 0.750. The molecule has 0 spiro atoms. The molecule has 0 rings (SSSR count). The van der Waals surface area contributed by atoms with Crippen LogP contribution in [-0.2, 0) is 0 Å². The zero-order chi connectivity index (χ0) is 9.56. The van der Waals surface area contributed by atoms with Gasteiger partial charge in [-0.1, -0.05) is 27.7 Å². The van der Waals surface area contributed by atoms with Crippen molar-refractivity contribution in [1.29, 1.82) is 0 Å². The van der Waals surface area contributed by atoms with Gasteiger partial charge in [-0.25, -0.2) is 0 Å². The van der Waals surface area contributed by atoms with E-state index in [-0.39, 0.29) is 0 Å². The highest BCUT2D eigenvalue weighted by Crippen LogP contribution is 2.20. The Kier molecular flexibility index (Phi) is 5.84. The maximum absolute atomic E-state index is 3.19. The monoisotopic (exact) mass is 166 g/mol. The van der Waals surface area contributed by atoms with E-state index in [0.717, 1.165) is 11.8 Å². The third-order valence-corrected chi connectivity index (χ3v) is 2.08. The molecule has 0 saturated carbocycles. The Morgan fingerprint density at radius 2 is 1.75 bits per heavy atom. The lowest BCUT2D eigenvalue weighted by Crippen LogP contribution is -2.08. The van der Waals surface area contributed by atoms with Crippen LogP contribution in [0.1, 0.15) is 41.0 Å². The van der Waals surface area contributed by atoms with Gasteiger partial charge in [0, 0.05) is 0 Å². The molecule has 0 aromatic carbocycles. The molecule has 70 valence electrons. The van der Waals surface area contributed by atoms with Crippen molar-refractivity contribution in [2.75, 3.05) is 0 Å². The van der Waals surface area contributed by atoms with Gasteiger partial charge < -0.3 is 0 Å². The van der Waals surface area contributed by atoms with Crippen LogP contribution in [0.25, 0.3) is 0 Å². The van der Waals surface area contributed by atoms with Crippen LogP contribution in [0.15, 0.2) is 17.9 Å². The third-order valence-electron chi connectivity index (χ3n) is 2.08. The van der Waals surface area contributed by atoms with E-state index in [4.69, 9.17) is 0 Å². The van der Waals surface area contributed by atoms with Gasteiger partial charge in [0.15, 0.2) is 0 Å². The van der Waals surface area contributed by atoms with Gasteiger partial charge in [0.1, 0.15) is 0 Å². The molecule has 1 atom stereocenters. The van der Waals surface area contributed by atoms with Crippen LogP contribution in [0.4, 0.5) is 0 Å². The fourth-order valence-electron chi connectivity index (χ4n) is 1.30. The lowest BCUT2D eigenvalue weighted by Gasteiger charge is -2.17. The average Bonchev–Trinajstić information content (AvgIpc) is 1.96. The SMILES string of the molecule is CC=C=CC(CC(C)C)C(C)C. The van der Waals surface area contributed by atoms with E-state index in [1.54, 1.807) is 0 Å². The molecule has 0 aromatic rings. The van der Waals surface area contributed by atoms with Gasteiger partial charge in [-0.15, -0.1) is 5.73 Å². The highest BCUT2D eigenvalue weighted by Gasteiger charge is 2.10. The number of rotatable bonds is 4. The van der Waals surface area contributed by atoms with E-state index in [2.05, 4.69) is 39.5 Å². The van der Waals surface area contributed by atoms with Gasteiger partial charge >= 0.3 is 0 Å². The summed E-state index contributed by atoms with van der Waals surface area (Å²) in [6.45, 7) is 11.1. The number of allylic oxidation sites excluding steroid dienone is 1. The Bertz CT molecular complexity index is 157. The van der Waals surface area contributed by atoms with Crippen molar-refractivity contribution in [2.24, 2.45) is 17.8 Å². The maximum Gasteiger partial charge on any atom is -0.0132 e. The molecule has 0 saturated heterocycles. The zero-order valence-corrected chi connectivity index (χ0v) is 9.09. The molecule has 0 bridgehead atoms. The van der Waals surface area contributed by atoms with Crippen LogP contribution in [-0.4, -0.2) is 0 Å². The lowest BCUT2D eigenvalue weighted by atomic mass is 9.88. The molecule has 0 aromatic heterocycles. The summed E-state index contributed by atoms with van der Waals surface area (Å²) < 4.78 is 0. The summed E-state index contributed by atoms with van der Waals surface area (Å²) in [4.78, 5) is 0. The Morgan fingerprint density at radius 3 is 2.08 bits per heavy atom. The largest absolute Gasteiger partial charge is 0.130 e. The van der Waals surface area contributed by atoms with Gasteiger partial charge in [0.05, 0.1) is 0 Å². The molecule has 0 amide bonds. The molecule has 0 heteroatoms. The molecule has 12 heavy (non-hydrogen) atoms. The Hall–Kier alpha value is -0.480. The second kappa shape index (κ2) is 6.08. The molecule has 1 unspecified atom stereocenters. The van der Waals surface area contributed by atoms with Crippen molar-refractivity contribution in [1.82, 2.24) is 0 Å². The van der Waals surface area contributed by atoms with Crippen LogP contribution in [0.3, 0.4) is 0 Å². The van der Waals surface area contributed by atoms with Gasteiger partial charge in [-0.05, 0) is 43.3 Å². The molecule has 0 aliphatic rings. The van der Waals surface area contributed by atoms with Crippen molar-refractivity contribution >= 4 is 0 Å². The molecule has 0 aliphatic carbocycles. The highest BCUT2D eigenvalue weighted by atomic mass is 14.2. The molecular weight excluding hydrogens is 144 g/mol. The first-order valence-corrected chi connectivity index (χ1v) is 4.95. The topological polar surface area (TPSA) is 0 Å². The number of hydrogen-bond acceptors (Lipinski definition) is 0. The quantitative estimate of drug-likeness (QED) is 0.553. The lowest BCUT2D eigenvalue weighted by molar-refractivity contribution is 0.380. The van der Waals surface area contributed by atoms with Gasteiger partial charge in [-0.3, -0.25) is 0 Å². The van der Waals surface area contributed by atoms with Crippen molar-refractivity contribution in [3.8, 4) is 0 Å². The first kappa shape index (κ1) is 11.5. The van der Waals surface area contributed by atoms with Crippen molar-refractivity contribution in [3.05, 3.63) is 17.9 Å². The van der Waals surface area contributed by atoms with Gasteiger partial charge in [0.2, 0.25) is 0 Å². The second-order valence-electron chi connectivity index (χ2n) is 4.16. The molecule has 0 N–H and O–H groups in total. The predicted molar refractivity (Wildman–Crippen MR) is 56.1 cm³/mol. The van der Waals surface area contributed by atoms with Gasteiger partial charge in [-0.2, -0.15) is 0 Å². The van der Waals surface area contributed by atoms with Crippen molar-refractivity contribution in [3.63, 3.8) is 0 Å². The number of hydrogen-bond donors (Lipinski definition) is 0. The second-order valence-corrected chi connectivity index (χ2v) is 4.16. The first-order valence-electron chi connectivity index (χ1n) is 4.95. The highest BCUT2D eigenvalue weighted by molar-refractivity contribution is 4.89. The first-order chi connectivity index (χ1) is 5.57. The molecule has 0 heterocycles. The predicted octanol–water partition coefficient (Wildman–Crippen LogP) is 4.04. The van der Waals surface area contributed by atoms with E-state index >= 15 is 0 Å². The summed E-state index contributed by atoms with van der Waals surface area (Å²) >= 11 is 0. The summed E-state index contributed by atoms with van der Waals surface area (Å²) in [6.07, 6.45) is 5.47. The minimum Gasteiger partial charge on any atom is -0.130 e. The Labute approximate surface area is 77.4 Å². The minimum absolute atomic E-state index is 0.696. The normalized spacial score (nSPS) is 12.9. The van der Waals surface area contributed by atoms with Crippen LogP contribution < -0.4 is 0 Å². The molecule has 0 fully saturated rings. The minimum atomic E-state index is 0.696. The van der Waals surface area contributed by atoms with E-state index in [1.807, 2.05) is 13.0 Å². The smallest absolute Gasteiger partial charge is 0.0132 e. The summed E-state index contributed by atoms with van der Waals surface area (Å²) in [7, 11) is 0. The summed E-state index contributed by atoms with van der Waals surface area (Å²) in [6, 6.07) is 0. The summed E-state index contributed by atoms with van der Waals surface area (Å²) in [5.41, 5.74) is 3.19. The Balaban J connectivity index is 4.14.